The van der Waals surface area contributed by atoms with E-state index in [2.05, 4.69) is 48.8 Å². The van der Waals surface area contributed by atoms with E-state index in [1.807, 2.05) is 11.3 Å². The van der Waals surface area contributed by atoms with Crippen LogP contribution in [0, 0.1) is 6.92 Å². The molecule has 1 heterocycles. The molecule has 0 N–H and O–H groups in total. The highest BCUT2D eigenvalue weighted by molar-refractivity contribution is 9.10. The van der Waals surface area contributed by atoms with Crippen LogP contribution in [0.4, 0.5) is 0 Å². The van der Waals surface area contributed by atoms with Crippen molar-refractivity contribution in [1.82, 2.24) is 0 Å². The van der Waals surface area contributed by atoms with E-state index in [9.17, 15) is 0 Å². The Kier molecular flexibility index (Phi) is 2.90. The molecule has 0 aliphatic heterocycles. The molecule has 0 radical (unpaired) electrons. The van der Waals surface area contributed by atoms with Crippen LogP contribution < -0.4 is 0 Å². The summed E-state index contributed by atoms with van der Waals surface area (Å²) in [4.78, 5) is 2.71. The molecule has 0 bridgehead atoms. The summed E-state index contributed by atoms with van der Waals surface area (Å²) in [5.74, 6) is 0. The molecule has 0 atom stereocenters. The van der Waals surface area contributed by atoms with Crippen molar-refractivity contribution < 1.29 is 0 Å². The Bertz CT molecular complexity index is 264. The Balaban J connectivity index is 3.07. The van der Waals surface area contributed by atoms with E-state index in [1.54, 1.807) is 0 Å². The third-order valence-electron chi connectivity index (χ3n) is 1.68. The second kappa shape index (κ2) is 3.55. The summed E-state index contributed by atoms with van der Waals surface area (Å²) in [6.45, 7) is 6.33. The molecular weight excluding hydrogens is 220 g/mol. The van der Waals surface area contributed by atoms with Crippen molar-refractivity contribution in [3.8, 4) is 0 Å². The maximum absolute atomic E-state index is 3.50. The number of hydrogen-bond donors (Lipinski definition) is 0. The maximum Gasteiger partial charge on any atom is 0.0317 e. The zero-order valence-electron chi connectivity index (χ0n) is 6.94. The van der Waals surface area contributed by atoms with Gasteiger partial charge in [0.2, 0.25) is 0 Å². The third-order valence-corrected chi connectivity index (χ3v) is 3.95. The van der Waals surface area contributed by atoms with Crippen LogP contribution in [0.2, 0.25) is 0 Å². The molecule has 1 aromatic rings. The van der Waals surface area contributed by atoms with Crippen molar-refractivity contribution in [1.29, 1.82) is 0 Å². The summed E-state index contributed by atoms with van der Waals surface area (Å²) in [5.41, 5.74) is 1.35. The molecule has 0 nitrogen and oxygen atoms in total. The molecule has 0 fully saturated rings. The average molecular weight is 231 g/mol. The monoisotopic (exact) mass is 230 g/mol. The molecule has 2 heteroatoms. The lowest BCUT2D eigenvalue weighted by atomic mass is 10.2. The lowest BCUT2D eigenvalue weighted by Crippen LogP contribution is -1.66. The van der Waals surface area contributed by atoms with E-state index >= 15 is 0 Å². The second-order valence-electron chi connectivity index (χ2n) is 2.49. The zero-order chi connectivity index (χ0) is 8.43. The van der Waals surface area contributed by atoms with E-state index in [-0.39, 0.29) is 0 Å². The van der Waals surface area contributed by atoms with Crippen molar-refractivity contribution in [3.63, 3.8) is 0 Å². The summed E-state index contributed by atoms with van der Waals surface area (Å²) < 4.78 is 1.22. The summed E-state index contributed by atoms with van der Waals surface area (Å²) >= 11 is 5.33. The van der Waals surface area contributed by atoms with Crippen molar-refractivity contribution in [3.05, 3.63) is 26.4 Å². The van der Waals surface area contributed by atoms with Gasteiger partial charge < -0.3 is 0 Å². The molecule has 0 spiro atoms. The van der Waals surface area contributed by atoms with Gasteiger partial charge in [-0.3, -0.25) is 0 Å². The molecule has 0 aliphatic carbocycles. The van der Waals surface area contributed by atoms with Gasteiger partial charge in [0, 0.05) is 14.2 Å². The van der Waals surface area contributed by atoms with E-state index in [0.717, 1.165) is 0 Å². The summed E-state index contributed by atoms with van der Waals surface area (Å²) in [5, 5.41) is 0. The van der Waals surface area contributed by atoms with Crippen molar-refractivity contribution in [2.24, 2.45) is 0 Å². The molecule has 0 saturated heterocycles. The average Bonchev–Trinajstić information content (AvgIpc) is 2.31. The molecule has 1 rings (SSSR count). The van der Waals surface area contributed by atoms with Gasteiger partial charge in [-0.25, -0.2) is 0 Å². The lowest BCUT2D eigenvalue weighted by Gasteiger charge is -1.91. The fourth-order valence-corrected chi connectivity index (χ4v) is 2.36. The fourth-order valence-electron chi connectivity index (χ4n) is 0.796. The van der Waals surface area contributed by atoms with Gasteiger partial charge in [0.05, 0.1) is 0 Å². The van der Waals surface area contributed by atoms with Crippen molar-refractivity contribution in [2.75, 3.05) is 0 Å². The topological polar surface area (TPSA) is 0 Å². The number of allylic oxidation sites excluding steroid dienone is 2. The summed E-state index contributed by atoms with van der Waals surface area (Å²) in [6, 6.07) is 2.18. The minimum Gasteiger partial charge on any atom is -0.140 e. The molecule has 0 saturated carbocycles. The molecule has 0 aliphatic rings. The lowest BCUT2D eigenvalue weighted by molar-refractivity contribution is 1.58. The maximum atomic E-state index is 3.50. The van der Waals surface area contributed by atoms with Crippen LogP contribution in [0.15, 0.2) is 16.6 Å². The first-order valence-electron chi connectivity index (χ1n) is 3.54. The minimum atomic E-state index is 1.22. The van der Waals surface area contributed by atoms with Crippen LogP contribution >= 0.6 is 27.3 Å². The Morgan fingerprint density at radius 3 is 2.64 bits per heavy atom. The standard InChI is InChI=1S/C9H11BrS/c1-4-6(2)9-5-8(10)7(3)11-9/h4-5H,1-3H3/b6-4+. The Labute approximate surface area is 80.1 Å². The number of halogens is 1. The zero-order valence-corrected chi connectivity index (χ0v) is 9.34. The molecule has 11 heavy (non-hydrogen) atoms. The van der Waals surface area contributed by atoms with Crippen LogP contribution in [0.1, 0.15) is 23.6 Å². The van der Waals surface area contributed by atoms with Gasteiger partial charge in [-0.2, -0.15) is 0 Å². The van der Waals surface area contributed by atoms with E-state index < -0.39 is 0 Å². The quantitative estimate of drug-likeness (QED) is 0.678. The number of aryl methyl sites for hydroxylation is 1. The van der Waals surface area contributed by atoms with Gasteiger partial charge in [-0.15, -0.1) is 11.3 Å². The smallest absolute Gasteiger partial charge is 0.0317 e. The Hall–Kier alpha value is -0.0800. The molecule has 1 aromatic heterocycles. The minimum absolute atomic E-state index is 1.22. The predicted molar refractivity (Wildman–Crippen MR) is 56.1 cm³/mol. The predicted octanol–water partition coefficient (Wildman–Crippen LogP) is 4.24. The highest BCUT2D eigenvalue weighted by Crippen LogP contribution is 2.30. The van der Waals surface area contributed by atoms with Gasteiger partial charge in [0.1, 0.15) is 0 Å². The number of hydrogen-bond acceptors (Lipinski definition) is 1. The van der Waals surface area contributed by atoms with Gasteiger partial charge >= 0.3 is 0 Å². The van der Waals surface area contributed by atoms with E-state index in [0.29, 0.717) is 0 Å². The first-order valence-corrected chi connectivity index (χ1v) is 5.15. The number of thiophene rings is 1. The van der Waals surface area contributed by atoms with Gasteiger partial charge in [-0.1, -0.05) is 6.08 Å². The van der Waals surface area contributed by atoms with Gasteiger partial charge in [0.15, 0.2) is 0 Å². The summed E-state index contributed by atoms with van der Waals surface area (Å²) in [6.07, 6.45) is 2.14. The normalized spacial score (nSPS) is 12.2. The number of rotatable bonds is 1. The molecule has 60 valence electrons. The largest absolute Gasteiger partial charge is 0.140 e. The van der Waals surface area contributed by atoms with Crippen molar-refractivity contribution in [2.45, 2.75) is 20.8 Å². The molecular formula is C9H11BrS. The van der Waals surface area contributed by atoms with Crippen LogP contribution in [0.5, 0.6) is 0 Å². The van der Waals surface area contributed by atoms with E-state index in [1.165, 1.54) is 19.8 Å². The molecule has 0 unspecified atom stereocenters. The molecule has 0 aromatic carbocycles. The SMILES string of the molecule is C/C=C(\C)c1cc(Br)c(C)s1. The van der Waals surface area contributed by atoms with E-state index in [4.69, 9.17) is 0 Å². The fraction of sp³-hybridized carbons (Fsp3) is 0.333. The van der Waals surface area contributed by atoms with Gasteiger partial charge in [0.25, 0.3) is 0 Å². The second-order valence-corrected chi connectivity index (χ2v) is 4.60. The highest BCUT2D eigenvalue weighted by Gasteiger charge is 2.02. The van der Waals surface area contributed by atoms with Crippen LogP contribution in [-0.2, 0) is 0 Å². The van der Waals surface area contributed by atoms with Gasteiger partial charge in [-0.05, 0) is 48.3 Å². The Morgan fingerprint density at radius 1 is 1.64 bits per heavy atom. The van der Waals surface area contributed by atoms with Crippen LogP contribution in [0.25, 0.3) is 5.57 Å². The highest BCUT2D eigenvalue weighted by atomic mass is 79.9. The first-order chi connectivity index (χ1) is 5.15. The van der Waals surface area contributed by atoms with Crippen LogP contribution in [-0.4, -0.2) is 0 Å². The third kappa shape index (κ3) is 1.94. The first kappa shape index (κ1) is 9.01. The van der Waals surface area contributed by atoms with Crippen LogP contribution in [0.3, 0.4) is 0 Å². The molecule has 0 amide bonds. The van der Waals surface area contributed by atoms with Crippen molar-refractivity contribution >= 4 is 32.8 Å². The summed E-state index contributed by atoms with van der Waals surface area (Å²) in [7, 11) is 0. The Morgan fingerprint density at radius 2 is 2.27 bits per heavy atom.